The maximum atomic E-state index is 11.2. The Bertz CT molecular complexity index is 217. The fourth-order valence-corrected chi connectivity index (χ4v) is 2.31. The maximum Gasteiger partial charge on any atom is 0.161 e. The van der Waals surface area contributed by atoms with E-state index >= 15 is 0 Å². The molecule has 2 nitrogen and oxygen atoms in total. The highest BCUT2D eigenvalue weighted by Crippen LogP contribution is 2.41. The Balaban J connectivity index is 2.59. The normalized spacial score (nSPS) is 34.2. The van der Waals surface area contributed by atoms with Crippen LogP contribution in [0, 0.1) is 11.3 Å². The van der Waals surface area contributed by atoms with Crippen LogP contribution < -0.4 is 0 Å². The highest BCUT2D eigenvalue weighted by atomic mass is 16.3. The first-order valence-electron chi connectivity index (χ1n) is 5.49. The minimum Gasteiger partial charge on any atom is -0.382 e. The quantitative estimate of drug-likeness (QED) is 0.703. The molecule has 0 atom stereocenters. The zero-order valence-electron chi connectivity index (χ0n) is 9.76. The summed E-state index contributed by atoms with van der Waals surface area (Å²) in [5.74, 6) is 0.576. The summed E-state index contributed by atoms with van der Waals surface area (Å²) >= 11 is 0. The molecule has 0 heterocycles. The molecular formula is C12H22O2. The SMILES string of the molecule is CC(=O)C1(O)CCC(C(C)(C)C)CC1. The third kappa shape index (κ3) is 2.35. The Morgan fingerprint density at radius 2 is 1.71 bits per heavy atom. The van der Waals surface area contributed by atoms with Crippen molar-refractivity contribution >= 4 is 5.78 Å². The molecule has 1 N–H and O–H groups in total. The van der Waals surface area contributed by atoms with Crippen molar-refractivity contribution < 1.29 is 9.90 Å². The lowest BCUT2D eigenvalue weighted by atomic mass is 9.67. The molecule has 1 aliphatic carbocycles. The van der Waals surface area contributed by atoms with Crippen LogP contribution in [0.3, 0.4) is 0 Å². The number of carbonyl (C=O) groups excluding carboxylic acids is 1. The van der Waals surface area contributed by atoms with E-state index in [0.717, 1.165) is 12.8 Å². The Morgan fingerprint density at radius 1 is 1.29 bits per heavy atom. The van der Waals surface area contributed by atoms with Gasteiger partial charge in [-0.1, -0.05) is 20.8 Å². The van der Waals surface area contributed by atoms with E-state index in [0.29, 0.717) is 24.2 Å². The van der Waals surface area contributed by atoms with Crippen molar-refractivity contribution in [3.8, 4) is 0 Å². The van der Waals surface area contributed by atoms with Gasteiger partial charge in [-0.3, -0.25) is 4.79 Å². The predicted molar refractivity (Wildman–Crippen MR) is 57.0 cm³/mol. The summed E-state index contributed by atoms with van der Waals surface area (Å²) in [4.78, 5) is 11.2. The van der Waals surface area contributed by atoms with Gasteiger partial charge >= 0.3 is 0 Å². The van der Waals surface area contributed by atoms with Crippen LogP contribution in [0.15, 0.2) is 0 Å². The summed E-state index contributed by atoms with van der Waals surface area (Å²) in [5.41, 5.74) is -0.708. The van der Waals surface area contributed by atoms with Gasteiger partial charge in [-0.25, -0.2) is 0 Å². The number of hydrogen-bond acceptors (Lipinski definition) is 2. The molecular weight excluding hydrogens is 176 g/mol. The van der Waals surface area contributed by atoms with E-state index < -0.39 is 5.60 Å². The fraction of sp³-hybridized carbons (Fsp3) is 0.917. The third-order valence-electron chi connectivity index (χ3n) is 3.69. The molecule has 1 saturated carbocycles. The van der Waals surface area contributed by atoms with Gasteiger partial charge in [0.15, 0.2) is 5.78 Å². The van der Waals surface area contributed by atoms with E-state index in [9.17, 15) is 9.90 Å². The highest BCUT2D eigenvalue weighted by molar-refractivity contribution is 5.84. The van der Waals surface area contributed by atoms with E-state index in [2.05, 4.69) is 20.8 Å². The lowest BCUT2D eigenvalue weighted by molar-refractivity contribution is -0.140. The molecule has 0 unspecified atom stereocenters. The summed E-state index contributed by atoms with van der Waals surface area (Å²) < 4.78 is 0. The standard InChI is InChI=1S/C12H22O2/c1-9(13)12(14)7-5-10(6-8-12)11(2,3)4/h10,14H,5-8H2,1-4H3. The number of aliphatic hydroxyl groups is 1. The minimum absolute atomic E-state index is 0.0649. The molecule has 0 aromatic rings. The van der Waals surface area contributed by atoms with Crippen molar-refractivity contribution in [2.24, 2.45) is 11.3 Å². The van der Waals surface area contributed by atoms with Crippen LogP contribution in [0.4, 0.5) is 0 Å². The Hall–Kier alpha value is -0.370. The topological polar surface area (TPSA) is 37.3 Å². The number of rotatable bonds is 1. The maximum absolute atomic E-state index is 11.2. The molecule has 0 aliphatic heterocycles. The van der Waals surface area contributed by atoms with Gasteiger partial charge in [-0.05, 0) is 43.9 Å². The molecule has 0 aromatic carbocycles. The van der Waals surface area contributed by atoms with Crippen molar-refractivity contribution in [2.45, 2.75) is 59.0 Å². The molecule has 0 amide bonds. The van der Waals surface area contributed by atoms with Crippen LogP contribution in [0.1, 0.15) is 53.4 Å². The lowest BCUT2D eigenvalue weighted by Gasteiger charge is -2.40. The van der Waals surface area contributed by atoms with Crippen LogP contribution in [-0.4, -0.2) is 16.5 Å². The van der Waals surface area contributed by atoms with Crippen LogP contribution in [0.5, 0.6) is 0 Å². The van der Waals surface area contributed by atoms with E-state index in [-0.39, 0.29) is 5.78 Å². The summed E-state index contributed by atoms with van der Waals surface area (Å²) in [6.45, 7) is 8.19. The first-order valence-corrected chi connectivity index (χ1v) is 5.49. The van der Waals surface area contributed by atoms with Gasteiger partial charge in [0.1, 0.15) is 5.60 Å². The van der Waals surface area contributed by atoms with Crippen LogP contribution in [0.2, 0.25) is 0 Å². The number of hydrogen-bond donors (Lipinski definition) is 1. The second-order valence-corrected chi connectivity index (χ2v) is 5.73. The summed E-state index contributed by atoms with van der Waals surface area (Å²) in [5, 5.41) is 9.98. The largest absolute Gasteiger partial charge is 0.382 e. The van der Waals surface area contributed by atoms with E-state index in [1.807, 2.05) is 0 Å². The van der Waals surface area contributed by atoms with Gasteiger partial charge in [0.25, 0.3) is 0 Å². The summed E-state index contributed by atoms with van der Waals surface area (Å²) in [6, 6.07) is 0. The van der Waals surface area contributed by atoms with Crippen LogP contribution in [-0.2, 0) is 4.79 Å². The molecule has 0 radical (unpaired) electrons. The van der Waals surface area contributed by atoms with Gasteiger partial charge in [0, 0.05) is 0 Å². The number of Topliss-reactive ketones (excluding diaryl/α,β-unsaturated/α-hetero) is 1. The minimum atomic E-state index is -1.01. The smallest absolute Gasteiger partial charge is 0.161 e. The zero-order chi connectivity index (χ0) is 11.0. The molecule has 1 fully saturated rings. The Labute approximate surface area is 86.7 Å². The summed E-state index contributed by atoms with van der Waals surface area (Å²) in [7, 11) is 0. The molecule has 1 rings (SSSR count). The van der Waals surface area contributed by atoms with E-state index in [1.54, 1.807) is 0 Å². The van der Waals surface area contributed by atoms with Crippen molar-refractivity contribution in [2.75, 3.05) is 0 Å². The molecule has 0 saturated heterocycles. The molecule has 14 heavy (non-hydrogen) atoms. The Morgan fingerprint density at radius 3 is 2.00 bits per heavy atom. The summed E-state index contributed by atoms with van der Waals surface area (Å²) in [6.07, 6.45) is 3.23. The van der Waals surface area contributed by atoms with Crippen LogP contribution in [0.25, 0.3) is 0 Å². The number of carbonyl (C=O) groups is 1. The molecule has 82 valence electrons. The van der Waals surface area contributed by atoms with Crippen molar-refractivity contribution in [1.82, 2.24) is 0 Å². The van der Waals surface area contributed by atoms with E-state index in [1.165, 1.54) is 6.92 Å². The molecule has 2 heteroatoms. The Kier molecular flexibility index (Phi) is 3.05. The van der Waals surface area contributed by atoms with Gasteiger partial charge in [0.2, 0.25) is 0 Å². The van der Waals surface area contributed by atoms with Crippen molar-refractivity contribution in [3.05, 3.63) is 0 Å². The van der Waals surface area contributed by atoms with Gasteiger partial charge in [0.05, 0.1) is 0 Å². The predicted octanol–water partition coefficient (Wildman–Crippen LogP) is 2.54. The zero-order valence-corrected chi connectivity index (χ0v) is 9.76. The fourth-order valence-electron chi connectivity index (χ4n) is 2.31. The van der Waals surface area contributed by atoms with Crippen molar-refractivity contribution in [3.63, 3.8) is 0 Å². The van der Waals surface area contributed by atoms with Crippen LogP contribution >= 0.6 is 0 Å². The number of ketones is 1. The van der Waals surface area contributed by atoms with Gasteiger partial charge in [-0.2, -0.15) is 0 Å². The first kappa shape index (κ1) is 11.7. The molecule has 0 aromatic heterocycles. The highest BCUT2D eigenvalue weighted by Gasteiger charge is 2.40. The average Bonchev–Trinajstić information content (AvgIpc) is 2.03. The lowest BCUT2D eigenvalue weighted by Crippen LogP contribution is -2.42. The third-order valence-corrected chi connectivity index (χ3v) is 3.69. The van der Waals surface area contributed by atoms with Gasteiger partial charge in [-0.15, -0.1) is 0 Å². The molecule has 1 aliphatic rings. The molecule has 0 spiro atoms. The van der Waals surface area contributed by atoms with E-state index in [4.69, 9.17) is 0 Å². The second kappa shape index (κ2) is 3.65. The monoisotopic (exact) mass is 198 g/mol. The molecule has 0 bridgehead atoms. The average molecular weight is 198 g/mol. The first-order chi connectivity index (χ1) is 6.26. The second-order valence-electron chi connectivity index (χ2n) is 5.73. The van der Waals surface area contributed by atoms with Gasteiger partial charge < -0.3 is 5.11 Å². The van der Waals surface area contributed by atoms with Crippen molar-refractivity contribution in [1.29, 1.82) is 0 Å².